The fourth-order valence-electron chi connectivity index (χ4n) is 3.51. The molecule has 2 rings (SSSR count). The van der Waals surface area contributed by atoms with Crippen LogP contribution in [0.25, 0.3) is 0 Å². The van der Waals surface area contributed by atoms with E-state index in [4.69, 9.17) is 0 Å². The predicted molar refractivity (Wildman–Crippen MR) is 84.4 cm³/mol. The van der Waals surface area contributed by atoms with E-state index in [1.165, 1.54) is 19.3 Å². The molecule has 6 nitrogen and oxygen atoms in total. The summed E-state index contributed by atoms with van der Waals surface area (Å²) in [5.41, 5.74) is 0. The second-order valence-corrected chi connectivity index (χ2v) is 6.37. The van der Waals surface area contributed by atoms with Crippen molar-refractivity contribution in [1.29, 1.82) is 0 Å². The molecule has 0 aromatic heterocycles. The average Bonchev–Trinajstić information content (AvgIpc) is 2.55. The van der Waals surface area contributed by atoms with Gasteiger partial charge < -0.3 is 14.9 Å². The lowest BCUT2D eigenvalue weighted by molar-refractivity contribution is -0.139. The molecule has 1 heterocycles. The largest absolute Gasteiger partial charge is 0.395 e. The molecule has 0 atom stereocenters. The van der Waals surface area contributed by atoms with Gasteiger partial charge in [0.2, 0.25) is 11.8 Å². The highest BCUT2D eigenvalue weighted by molar-refractivity contribution is 5.79. The van der Waals surface area contributed by atoms with Crippen LogP contribution in [0, 0.1) is 0 Å². The van der Waals surface area contributed by atoms with E-state index < -0.39 is 0 Å². The molecule has 1 N–H and O–H groups in total. The average molecular weight is 311 g/mol. The molecule has 0 spiro atoms. The lowest BCUT2D eigenvalue weighted by atomic mass is 9.94. The Morgan fingerprint density at radius 3 is 2.18 bits per heavy atom. The topological polar surface area (TPSA) is 64.1 Å². The van der Waals surface area contributed by atoms with Gasteiger partial charge >= 0.3 is 0 Å². The van der Waals surface area contributed by atoms with Crippen LogP contribution in [0.15, 0.2) is 0 Å². The Bertz CT molecular complexity index is 375. The first-order valence-corrected chi connectivity index (χ1v) is 8.50. The number of carbonyl (C=O) groups excluding carboxylic acids is 2. The van der Waals surface area contributed by atoms with Gasteiger partial charge in [0, 0.05) is 45.7 Å². The quantitative estimate of drug-likeness (QED) is 0.793. The first-order valence-electron chi connectivity index (χ1n) is 8.50. The van der Waals surface area contributed by atoms with Gasteiger partial charge in [0.1, 0.15) is 0 Å². The number of amides is 2. The van der Waals surface area contributed by atoms with E-state index in [0.29, 0.717) is 45.3 Å². The number of piperazine rings is 1. The Morgan fingerprint density at radius 1 is 1.05 bits per heavy atom. The summed E-state index contributed by atoms with van der Waals surface area (Å²) in [5.74, 6) is 0.207. The van der Waals surface area contributed by atoms with Crippen LogP contribution >= 0.6 is 0 Å². The maximum absolute atomic E-state index is 12.5. The van der Waals surface area contributed by atoms with E-state index in [2.05, 4.69) is 4.90 Å². The van der Waals surface area contributed by atoms with E-state index in [9.17, 15) is 14.7 Å². The van der Waals surface area contributed by atoms with Gasteiger partial charge in [-0.1, -0.05) is 19.3 Å². The monoisotopic (exact) mass is 311 g/mol. The fourth-order valence-corrected chi connectivity index (χ4v) is 3.51. The van der Waals surface area contributed by atoms with Crippen molar-refractivity contribution in [3.8, 4) is 0 Å². The van der Waals surface area contributed by atoms with Crippen LogP contribution in [0.4, 0.5) is 0 Å². The van der Waals surface area contributed by atoms with Crippen LogP contribution in [0.1, 0.15) is 39.0 Å². The van der Waals surface area contributed by atoms with Gasteiger partial charge in [0.15, 0.2) is 0 Å². The third-order valence-corrected chi connectivity index (χ3v) is 4.89. The molecule has 0 aromatic carbocycles. The maximum atomic E-state index is 12.5. The molecule has 1 saturated carbocycles. The summed E-state index contributed by atoms with van der Waals surface area (Å²) < 4.78 is 0. The summed E-state index contributed by atoms with van der Waals surface area (Å²) in [6.07, 6.45) is 5.98. The minimum atomic E-state index is 0.0798. The van der Waals surface area contributed by atoms with Crippen molar-refractivity contribution in [3.63, 3.8) is 0 Å². The molecule has 0 unspecified atom stereocenters. The molecular weight excluding hydrogens is 282 g/mol. The second kappa shape index (κ2) is 8.48. The minimum Gasteiger partial charge on any atom is -0.395 e. The third-order valence-electron chi connectivity index (χ3n) is 4.89. The number of hydrogen-bond acceptors (Lipinski definition) is 4. The summed E-state index contributed by atoms with van der Waals surface area (Å²) in [6, 6.07) is 0.434. The molecule has 1 saturated heterocycles. The van der Waals surface area contributed by atoms with Gasteiger partial charge in [-0.3, -0.25) is 14.5 Å². The zero-order chi connectivity index (χ0) is 15.9. The number of carbonyl (C=O) groups is 2. The van der Waals surface area contributed by atoms with Gasteiger partial charge in [-0.2, -0.15) is 0 Å². The van der Waals surface area contributed by atoms with Crippen LogP contribution in [0.3, 0.4) is 0 Å². The third kappa shape index (κ3) is 4.68. The molecule has 2 fully saturated rings. The van der Waals surface area contributed by atoms with E-state index in [-0.39, 0.29) is 18.4 Å². The Kier molecular flexibility index (Phi) is 6.64. The summed E-state index contributed by atoms with van der Waals surface area (Å²) in [4.78, 5) is 29.6. The first kappa shape index (κ1) is 17.2. The fraction of sp³-hybridized carbons (Fsp3) is 0.875. The van der Waals surface area contributed by atoms with Gasteiger partial charge in [0.25, 0.3) is 0 Å². The highest BCUT2D eigenvalue weighted by atomic mass is 16.3. The van der Waals surface area contributed by atoms with Gasteiger partial charge in [-0.15, -0.1) is 0 Å². The Labute approximate surface area is 133 Å². The summed E-state index contributed by atoms with van der Waals surface area (Å²) in [6.45, 7) is 5.14. The Hall–Kier alpha value is -1.14. The van der Waals surface area contributed by atoms with Crippen molar-refractivity contribution < 1.29 is 14.7 Å². The Balaban J connectivity index is 1.84. The van der Waals surface area contributed by atoms with Crippen molar-refractivity contribution in [1.82, 2.24) is 14.7 Å². The van der Waals surface area contributed by atoms with E-state index >= 15 is 0 Å². The van der Waals surface area contributed by atoms with Crippen molar-refractivity contribution in [2.45, 2.75) is 45.1 Å². The maximum Gasteiger partial charge on any atom is 0.236 e. The van der Waals surface area contributed by atoms with Crippen molar-refractivity contribution in [3.05, 3.63) is 0 Å². The van der Waals surface area contributed by atoms with Gasteiger partial charge in [-0.05, 0) is 12.8 Å². The van der Waals surface area contributed by atoms with Crippen LogP contribution < -0.4 is 0 Å². The van der Waals surface area contributed by atoms with Crippen LogP contribution in [0.2, 0.25) is 0 Å². The molecule has 6 heteroatoms. The standard InChI is InChI=1S/C16H29N3O3/c1-14(21)17-7-9-18(10-8-17)16(22)13-19(11-12-20)15-5-3-2-4-6-15/h15,20H,2-13H2,1H3. The van der Waals surface area contributed by atoms with Crippen molar-refractivity contribution in [2.75, 3.05) is 45.9 Å². The number of rotatable bonds is 5. The number of aliphatic hydroxyl groups excluding tert-OH is 1. The summed E-state index contributed by atoms with van der Waals surface area (Å²) in [7, 11) is 0. The van der Waals surface area contributed by atoms with Crippen molar-refractivity contribution in [2.24, 2.45) is 0 Å². The van der Waals surface area contributed by atoms with Crippen LogP contribution in [-0.4, -0.2) is 83.5 Å². The molecule has 0 bridgehead atoms. The molecule has 2 amide bonds. The number of aliphatic hydroxyl groups is 1. The first-order chi connectivity index (χ1) is 10.6. The molecular formula is C16H29N3O3. The lowest BCUT2D eigenvalue weighted by Gasteiger charge is -2.37. The van der Waals surface area contributed by atoms with E-state index in [0.717, 1.165) is 12.8 Å². The minimum absolute atomic E-state index is 0.0798. The molecule has 0 aromatic rings. The molecule has 22 heavy (non-hydrogen) atoms. The van der Waals surface area contributed by atoms with Crippen LogP contribution in [0.5, 0.6) is 0 Å². The number of nitrogens with zero attached hydrogens (tertiary/aromatic N) is 3. The molecule has 2 aliphatic rings. The summed E-state index contributed by atoms with van der Waals surface area (Å²) >= 11 is 0. The highest BCUT2D eigenvalue weighted by Gasteiger charge is 2.27. The second-order valence-electron chi connectivity index (χ2n) is 6.37. The smallest absolute Gasteiger partial charge is 0.236 e. The van der Waals surface area contributed by atoms with Gasteiger partial charge in [-0.25, -0.2) is 0 Å². The molecule has 1 aliphatic heterocycles. The predicted octanol–water partition coefficient (Wildman–Crippen LogP) is 0.304. The van der Waals surface area contributed by atoms with E-state index in [1.54, 1.807) is 11.8 Å². The molecule has 1 aliphatic carbocycles. The zero-order valence-electron chi connectivity index (χ0n) is 13.7. The zero-order valence-corrected chi connectivity index (χ0v) is 13.7. The van der Waals surface area contributed by atoms with Crippen molar-refractivity contribution >= 4 is 11.8 Å². The highest BCUT2D eigenvalue weighted by Crippen LogP contribution is 2.22. The molecule has 0 radical (unpaired) electrons. The van der Waals surface area contributed by atoms with Gasteiger partial charge in [0.05, 0.1) is 13.2 Å². The lowest BCUT2D eigenvalue weighted by Crippen LogP contribution is -2.53. The normalized spacial score (nSPS) is 20.5. The number of hydrogen-bond donors (Lipinski definition) is 1. The Morgan fingerprint density at radius 2 is 1.64 bits per heavy atom. The van der Waals surface area contributed by atoms with Crippen LogP contribution in [-0.2, 0) is 9.59 Å². The summed E-state index contributed by atoms with van der Waals surface area (Å²) in [5, 5.41) is 9.28. The SMILES string of the molecule is CC(=O)N1CCN(C(=O)CN(CCO)C2CCCCC2)CC1. The molecule has 126 valence electrons. The van der Waals surface area contributed by atoms with E-state index in [1.807, 2.05) is 4.90 Å².